The smallest absolute Gasteiger partial charge is 0.00700 e. The molecule has 16 heavy (non-hydrogen) atoms. The van der Waals surface area contributed by atoms with E-state index in [-0.39, 0.29) is 0 Å². The van der Waals surface area contributed by atoms with Gasteiger partial charge in [-0.2, -0.15) is 0 Å². The predicted octanol–water partition coefficient (Wildman–Crippen LogP) is 2.89. The monoisotopic (exact) mass is 226 g/mol. The van der Waals surface area contributed by atoms with Crippen molar-refractivity contribution >= 4 is 0 Å². The van der Waals surface area contributed by atoms with Crippen LogP contribution in [-0.4, -0.2) is 36.6 Å². The Labute approximate surface area is 102 Å². The third-order valence-electron chi connectivity index (χ3n) is 3.80. The van der Waals surface area contributed by atoms with Crippen molar-refractivity contribution in [2.75, 3.05) is 19.6 Å². The molecule has 0 aliphatic carbocycles. The van der Waals surface area contributed by atoms with E-state index in [1.165, 1.54) is 38.8 Å². The zero-order chi connectivity index (χ0) is 12.0. The normalized spacial score (nSPS) is 28.5. The maximum absolute atomic E-state index is 3.48. The second-order valence-corrected chi connectivity index (χ2v) is 5.64. The fraction of sp³-hybridized carbons (Fsp3) is 1.00. The number of nitrogens with zero attached hydrogens (tertiary/aromatic N) is 1. The Hall–Kier alpha value is -0.0800. The van der Waals surface area contributed by atoms with Crippen molar-refractivity contribution in [2.45, 2.75) is 65.5 Å². The van der Waals surface area contributed by atoms with Crippen LogP contribution in [0.15, 0.2) is 0 Å². The lowest BCUT2D eigenvalue weighted by Crippen LogP contribution is -2.29. The number of likely N-dealkylation sites (tertiary alicyclic amines) is 1. The third kappa shape index (κ3) is 4.84. The van der Waals surface area contributed by atoms with Crippen LogP contribution in [-0.2, 0) is 0 Å². The van der Waals surface area contributed by atoms with Crippen LogP contribution in [0.5, 0.6) is 0 Å². The van der Waals surface area contributed by atoms with Gasteiger partial charge in [0.2, 0.25) is 0 Å². The summed E-state index contributed by atoms with van der Waals surface area (Å²) in [6.45, 7) is 13.0. The fourth-order valence-corrected chi connectivity index (χ4v) is 2.91. The van der Waals surface area contributed by atoms with E-state index in [1.807, 2.05) is 0 Å². The van der Waals surface area contributed by atoms with E-state index in [9.17, 15) is 0 Å². The van der Waals surface area contributed by atoms with Crippen molar-refractivity contribution in [2.24, 2.45) is 5.92 Å². The van der Waals surface area contributed by atoms with Gasteiger partial charge in [0, 0.05) is 18.6 Å². The van der Waals surface area contributed by atoms with Crippen molar-refractivity contribution in [1.82, 2.24) is 10.2 Å². The van der Waals surface area contributed by atoms with Gasteiger partial charge in [-0.25, -0.2) is 0 Å². The zero-order valence-corrected chi connectivity index (χ0v) is 11.6. The van der Waals surface area contributed by atoms with Crippen LogP contribution in [0.25, 0.3) is 0 Å². The van der Waals surface area contributed by atoms with Gasteiger partial charge in [-0.3, -0.25) is 0 Å². The van der Waals surface area contributed by atoms with Crippen molar-refractivity contribution in [1.29, 1.82) is 0 Å². The Morgan fingerprint density at radius 1 is 1.31 bits per heavy atom. The van der Waals surface area contributed by atoms with E-state index >= 15 is 0 Å². The number of nitrogens with one attached hydrogen (secondary N) is 1. The number of hydrogen-bond donors (Lipinski definition) is 1. The lowest BCUT2D eigenvalue weighted by Gasteiger charge is -2.21. The number of unbranched alkanes of at least 4 members (excludes halogenated alkanes) is 1. The third-order valence-corrected chi connectivity index (χ3v) is 3.80. The summed E-state index contributed by atoms with van der Waals surface area (Å²) in [5.41, 5.74) is 0. The lowest BCUT2D eigenvalue weighted by molar-refractivity contribution is 0.257. The standard InChI is InChI=1S/C14H30N2/c1-5-15-13(3)8-6-7-9-16-11-12(2)10-14(16)4/h12-15H,5-11H2,1-4H3. The largest absolute Gasteiger partial charge is 0.315 e. The highest BCUT2D eigenvalue weighted by molar-refractivity contribution is 4.79. The molecule has 1 saturated heterocycles. The zero-order valence-electron chi connectivity index (χ0n) is 11.6. The molecule has 2 heteroatoms. The second kappa shape index (κ2) is 7.29. The number of rotatable bonds is 7. The minimum atomic E-state index is 0.694. The van der Waals surface area contributed by atoms with E-state index in [0.717, 1.165) is 18.5 Å². The van der Waals surface area contributed by atoms with Crippen LogP contribution in [0, 0.1) is 5.92 Å². The molecule has 1 fully saturated rings. The molecule has 0 spiro atoms. The Balaban J connectivity index is 2.03. The molecule has 96 valence electrons. The lowest BCUT2D eigenvalue weighted by atomic mass is 10.1. The Morgan fingerprint density at radius 2 is 2.06 bits per heavy atom. The molecule has 0 aromatic heterocycles. The molecule has 1 aliphatic heterocycles. The summed E-state index contributed by atoms with van der Waals surface area (Å²) < 4.78 is 0. The van der Waals surface area contributed by atoms with Crippen molar-refractivity contribution < 1.29 is 0 Å². The van der Waals surface area contributed by atoms with Gasteiger partial charge < -0.3 is 10.2 Å². The van der Waals surface area contributed by atoms with Crippen molar-refractivity contribution in [3.05, 3.63) is 0 Å². The molecule has 1 heterocycles. The van der Waals surface area contributed by atoms with Gasteiger partial charge in [-0.15, -0.1) is 0 Å². The molecule has 0 radical (unpaired) electrons. The molecule has 3 atom stereocenters. The highest BCUT2D eigenvalue weighted by Gasteiger charge is 2.24. The second-order valence-electron chi connectivity index (χ2n) is 5.64. The van der Waals surface area contributed by atoms with Gasteiger partial charge >= 0.3 is 0 Å². The Kier molecular flexibility index (Phi) is 6.37. The molecule has 3 unspecified atom stereocenters. The summed E-state index contributed by atoms with van der Waals surface area (Å²) in [7, 11) is 0. The summed E-state index contributed by atoms with van der Waals surface area (Å²) in [5.74, 6) is 0.913. The molecule has 0 saturated carbocycles. The minimum absolute atomic E-state index is 0.694. The summed E-state index contributed by atoms with van der Waals surface area (Å²) >= 11 is 0. The maximum Gasteiger partial charge on any atom is 0.00700 e. The van der Waals surface area contributed by atoms with E-state index in [0.29, 0.717) is 6.04 Å². The highest BCUT2D eigenvalue weighted by atomic mass is 15.2. The van der Waals surface area contributed by atoms with Crippen LogP contribution in [0.2, 0.25) is 0 Å². The predicted molar refractivity (Wildman–Crippen MR) is 71.8 cm³/mol. The molecule has 0 aromatic carbocycles. The summed E-state index contributed by atoms with van der Waals surface area (Å²) in [4.78, 5) is 2.67. The van der Waals surface area contributed by atoms with Gasteiger partial charge in [-0.1, -0.05) is 20.3 Å². The minimum Gasteiger partial charge on any atom is -0.315 e. The van der Waals surface area contributed by atoms with Crippen LogP contribution in [0.4, 0.5) is 0 Å². The first-order valence-corrected chi connectivity index (χ1v) is 7.11. The van der Waals surface area contributed by atoms with Gasteiger partial charge in [-0.05, 0) is 52.1 Å². The molecule has 0 aromatic rings. The van der Waals surface area contributed by atoms with E-state index < -0.39 is 0 Å². The molecular weight excluding hydrogens is 196 g/mol. The summed E-state index contributed by atoms with van der Waals surface area (Å²) in [6, 6.07) is 1.51. The molecule has 1 aliphatic rings. The first-order chi connectivity index (χ1) is 7.63. The van der Waals surface area contributed by atoms with E-state index in [4.69, 9.17) is 0 Å². The van der Waals surface area contributed by atoms with Crippen LogP contribution < -0.4 is 5.32 Å². The SMILES string of the molecule is CCNC(C)CCCCN1CC(C)CC1C. The van der Waals surface area contributed by atoms with E-state index in [2.05, 4.69) is 37.9 Å². The molecular formula is C14H30N2. The highest BCUT2D eigenvalue weighted by Crippen LogP contribution is 2.22. The average Bonchev–Trinajstić information content (AvgIpc) is 2.53. The quantitative estimate of drug-likeness (QED) is 0.672. The van der Waals surface area contributed by atoms with Crippen LogP contribution in [0.3, 0.4) is 0 Å². The summed E-state index contributed by atoms with van der Waals surface area (Å²) in [6.07, 6.45) is 5.46. The van der Waals surface area contributed by atoms with Gasteiger partial charge in [0.05, 0.1) is 0 Å². The average molecular weight is 226 g/mol. The first-order valence-electron chi connectivity index (χ1n) is 7.11. The molecule has 0 bridgehead atoms. The topological polar surface area (TPSA) is 15.3 Å². The van der Waals surface area contributed by atoms with E-state index in [1.54, 1.807) is 0 Å². The molecule has 1 rings (SSSR count). The van der Waals surface area contributed by atoms with Crippen molar-refractivity contribution in [3.63, 3.8) is 0 Å². The Bertz CT molecular complexity index is 182. The Morgan fingerprint density at radius 3 is 2.62 bits per heavy atom. The maximum atomic E-state index is 3.48. The summed E-state index contributed by atoms with van der Waals surface area (Å²) in [5, 5.41) is 3.48. The molecule has 1 N–H and O–H groups in total. The first kappa shape index (κ1) is 14.0. The van der Waals surface area contributed by atoms with Crippen LogP contribution >= 0.6 is 0 Å². The van der Waals surface area contributed by atoms with Crippen molar-refractivity contribution in [3.8, 4) is 0 Å². The molecule has 0 amide bonds. The number of hydrogen-bond acceptors (Lipinski definition) is 2. The van der Waals surface area contributed by atoms with Gasteiger partial charge in [0.25, 0.3) is 0 Å². The van der Waals surface area contributed by atoms with Crippen LogP contribution in [0.1, 0.15) is 53.4 Å². The fourth-order valence-electron chi connectivity index (χ4n) is 2.91. The molecule has 2 nitrogen and oxygen atoms in total. The van der Waals surface area contributed by atoms with Gasteiger partial charge in [0.1, 0.15) is 0 Å². The van der Waals surface area contributed by atoms with Gasteiger partial charge in [0.15, 0.2) is 0 Å².